The maximum Gasteiger partial charge on any atom is 0.503 e. The molecule has 92 valence electrons. The Morgan fingerprint density at radius 2 is 1.07 bits per heavy atom. The van der Waals surface area contributed by atoms with E-state index in [1.807, 2.05) is 57.3 Å². The van der Waals surface area contributed by atoms with Crippen LogP contribution in [0, 0.1) is 0 Å². The van der Waals surface area contributed by atoms with E-state index in [9.17, 15) is 0 Å². The molecule has 0 bridgehead atoms. The first kappa shape index (κ1) is 16.5. The summed E-state index contributed by atoms with van der Waals surface area (Å²) in [6.07, 6.45) is -1.83. The number of quaternary nitrogens is 1. The molecule has 0 heterocycles. The van der Waals surface area contributed by atoms with Gasteiger partial charge in [-0.15, -0.1) is 20.9 Å². The lowest BCUT2D eigenvalue weighted by molar-refractivity contribution is -1.21. The van der Waals surface area contributed by atoms with Crippen molar-refractivity contribution in [1.82, 2.24) is 15.0 Å². The molecule has 0 aromatic rings. The second-order valence-corrected chi connectivity index (χ2v) is 3.44. The predicted octanol–water partition coefficient (Wildman–Crippen LogP) is -0.671. The van der Waals surface area contributed by atoms with Crippen LogP contribution in [0.2, 0.25) is 0 Å². The predicted molar refractivity (Wildman–Crippen MR) is 56.2 cm³/mol. The van der Waals surface area contributed by atoms with Crippen LogP contribution in [0.3, 0.4) is 0 Å². The molecule has 0 aromatic carbocycles. The molecule has 0 aromatic heterocycles. The summed E-state index contributed by atoms with van der Waals surface area (Å²) in [5.41, 5.74) is 0. The molecule has 0 unspecified atom stereocenters. The van der Waals surface area contributed by atoms with Crippen molar-refractivity contribution < 1.29 is 19.9 Å². The average Bonchev–Trinajstić information content (AvgIpc) is 2.00. The highest BCUT2D eigenvalue weighted by Gasteiger charge is 2.33. The minimum absolute atomic E-state index is 0.167. The fourth-order valence-corrected chi connectivity index (χ4v) is 1.07. The normalized spacial score (nSPS) is 11.6. The fraction of sp³-hybridized carbons (Fsp3) is 0.857. The third-order valence-electron chi connectivity index (χ3n) is 1.77. The zero-order chi connectivity index (χ0) is 12.8. The van der Waals surface area contributed by atoms with Gasteiger partial charge in [-0.25, -0.2) is 4.79 Å². The Kier molecular flexibility index (Phi) is 7.19. The van der Waals surface area contributed by atoms with E-state index < -0.39 is 6.16 Å². The average molecular weight is 224 g/mol. The van der Waals surface area contributed by atoms with E-state index in [-0.39, 0.29) is 4.92 Å². The van der Waals surface area contributed by atoms with Gasteiger partial charge in [0.15, 0.2) is 0 Å². The Hall–Kier alpha value is -0.930. The molecule has 0 amide bonds. The molecular formula is C7H22N5O3+. The molecular weight excluding hydrogens is 202 g/mol. The van der Waals surface area contributed by atoms with Crippen LogP contribution in [-0.4, -0.2) is 78.6 Å². The van der Waals surface area contributed by atoms with Crippen molar-refractivity contribution in [3.8, 4) is 0 Å². The van der Waals surface area contributed by atoms with Crippen molar-refractivity contribution in [2.24, 2.45) is 5.84 Å². The Morgan fingerprint density at radius 3 is 1.07 bits per heavy atom. The summed E-state index contributed by atoms with van der Waals surface area (Å²) in [5, 5.41) is 19.7. The zero-order valence-corrected chi connectivity index (χ0v) is 10.2. The maximum atomic E-state index is 8.56. The van der Waals surface area contributed by atoms with Gasteiger partial charge in [-0.2, -0.15) is 0 Å². The Labute approximate surface area is 90.2 Å². The molecule has 0 spiro atoms. The van der Waals surface area contributed by atoms with Gasteiger partial charge in [-0.05, 0) is 4.92 Å². The van der Waals surface area contributed by atoms with Crippen molar-refractivity contribution in [2.45, 2.75) is 0 Å². The molecule has 8 nitrogen and oxygen atoms in total. The Morgan fingerprint density at radius 1 is 0.933 bits per heavy atom. The van der Waals surface area contributed by atoms with Crippen LogP contribution >= 0.6 is 0 Å². The van der Waals surface area contributed by atoms with Gasteiger partial charge < -0.3 is 10.2 Å². The number of carboxylic acid groups (broad SMARTS) is 2. The molecule has 0 fully saturated rings. The van der Waals surface area contributed by atoms with Gasteiger partial charge in [-0.1, -0.05) is 0 Å². The summed E-state index contributed by atoms with van der Waals surface area (Å²) in [7, 11) is 11.6. The van der Waals surface area contributed by atoms with Gasteiger partial charge in [0, 0.05) is 42.3 Å². The number of hydrogen-bond acceptors (Lipinski definition) is 5. The lowest BCUT2D eigenvalue weighted by Crippen LogP contribution is -2.75. The standard InChI is InChI=1S/C6H20N5.CH2O3/c1-8(2)11(7,9(3)4)10(5)6;2-1(3)4/h7H2,1-6H3;(H2,2,3,4)/q+1;. The van der Waals surface area contributed by atoms with Gasteiger partial charge in [0.2, 0.25) is 0 Å². The minimum Gasteiger partial charge on any atom is -0.450 e. The lowest BCUT2D eigenvalue weighted by Gasteiger charge is -2.43. The second-order valence-electron chi connectivity index (χ2n) is 3.44. The minimum atomic E-state index is -1.83. The second kappa shape index (κ2) is 6.53. The molecule has 0 aliphatic heterocycles. The van der Waals surface area contributed by atoms with Crippen LogP contribution in [0.25, 0.3) is 0 Å². The summed E-state index contributed by atoms with van der Waals surface area (Å²) >= 11 is 0. The van der Waals surface area contributed by atoms with Crippen molar-refractivity contribution >= 4 is 6.16 Å². The van der Waals surface area contributed by atoms with Crippen LogP contribution in [0.15, 0.2) is 0 Å². The van der Waals surface area contributed by atoms with E-state index in [4.69, 9.17) is 20.9 Å². The first-order valence-electron chi connectivity index (χ1n) is 4.19. The molecule has 0 aliphatic rings. The molecule has 0 saturated heterocycles. The third kappa shape index (κ3) is 5.50. The highest BCUT2D eigenvalue weighted by molar-refractivity contribution is 5.53. The van der Waals surface area contributed by atoms with E-state index in [0.29, 0.717) is 0 Å². The van der Waals surface area contributed by atoms with Crippen molar-refractivity contribution in [3.63, 3.8) is 0 Å². The Bertz CT molecular complexity index is 169. The van der Waals surface area contributed by atoms with Gasteiger partial charge in [0.05, 0.1) is 0 Å². The number of rotatable bonds is 3. The summed E-state index contributed by atoms with van der Waals surface area (Å²) in [4.78, 5) is 8.72. The van der Waals surface area contributed by atoms with Gasteiger partial charge in [0.1, 0.15) is 0 Å². The molecule has 15 heavy (non-hydrogen) atoms. The van der Waals surface area contributed by atoms with Crippen LogP contribution in [0.1, 0.15) is 0 Å². The molecule has 0 aliphatic carbocycles. The van der Waals surface area contributed by atoms with E-state index in [1.165, 1.54) is 0 Å². The highest BCUT2D eigenvalue weighted by atomic mass is 16.6. The SMILES string of the molecule is CN(C)[N+](N)(N(C)C)N(C)C.O=C(O)O. The topological polar surface area (TPSA) is 93.3 Å². The molecule has 8 heteroatoms. The summed E-state index contributed by atoms with van der Waals surface area (Å²) < 4.78 is 0. The zero-order valence-electron chi connectivity index (χ0n) is 10.2. The number of carbonyl (C=O) groups is 1. The lowest BCUT2D eigenvalue weighted by atomic mass is 11.0. The van der Waals surface area contributed by atoms with Crippen LogP contribution in [0.5, 0.6) is 0 Å². The first-order valence-corrected chi connectivity index (χ1v) is 4.19. The monoisotopic (exact) mass is 224 g/mol. The third-order valence-corrected chi connectivity index (χ3v) is 1.77. The highest BCUT2D eigenvalue weighted by Crippen LogP contribution is 2.04. The smallest absolute Gasteiger partial charge is 0.450 e. The van der Waals surface area contributed by atoms with Gasteiger partial charge in [-0.3, -0.25) is 0 Å². The number of nitrogens with zero attached hydrogens (tertiary/aromatic N) is 4. The molecule has 0 saturated carbocycles. The first-order chi connectivity index (χ1) is 6.56. The quantitative estimate of drug-likeness (QED) is 0.332. The van der Waals surface area contributed by atoms with Crippen molar-refractivity contribution in [3.05, 3.63) is 0 Å². The van der Waals surface area contributed by atoms with E-state index in [0.717, 1.165) is 0 Å². The number of nitrogens with two attached hydrogens (primary N) is 1. The van der Waals surface area contributed by atoms with E-state index in [1.54, 1.807) is 0 Å². The van der Waals surface area contributed by atoms with Crippen molar-refractivity contribution in [1.29, 1.82) is 0 Å². The molecule has 0 atom stereocenters. The van der Waals surface area contributed by atoms with E-state index in [2.05, 4.69) is 0 Å². The maximum absolute atomic E-state index is 8.56. The summed E-state index contributed by atoms with van der Waals surface area (Å²) in [5.74, 6) is 6.04. The van der Waals surface area contributed by atoms with E-state index >= 15 is 0 Å². The number of hydrogen-bond donors (Lipinski definition) is 3. The van der Waals surface area contributed by atoms with Gasteiger partial charge >= 0.3 is 6.16 Å². The Balaban J connectivity index is 0. The van der Waals surface area contributed by atoms with Crippen LogP contribution < -0.4 is 5.84 Å². The fourth-order valence-electron chi connectivity index (χ4n) is 1.07. The van der Waals surface area contributed by atoms with Gasteiger partial charge in [0.25, 0.3) is 0 Å². The molecule has 4 N–H and O–H groups in total. The molecule has 0 rings (SSSR count). The largest absolute Gasteiger partial charge is 0.503 e. The van der Waals surface area contributed by atoms with Crippen LogP contribution in [0.4, 0.5) is 4.79 Å². The van der Waals surface area contributed by atoms with Crippen LogP contribution in [-0.2, 0) is 0 Å². The summed E-state index contributed by atoms with van der Waals surface area (Å²) in [6.45, 7) is 0. The van der Waals surface area contributed by atoms with Crippen molar-refractivity contribution in [2.75, 3.05) is 42.3 Å². The summed E-state index contributed by atoms with van der Waals surface area (Å²) in [6, 6.07) is 0. The molecule has 0 radical (unpaired) electrons.